The standard InChI is InChI=1S/C24H28Cl2N2O2/c1-2-3-4-5-6-7-8-16-29-21-14-12-18(13-15-21)23-27-28-24(30-23)20-11-9-10-19(17-20)22(25)26/h9-15,17,22H,2-8,16H2,1H3. The molecule has 3 rings (SSSR count). The fourth-order valence-corrected chi connectivity index (χ4v) is 3.48. The van der Waals surface area contributed by atoms with E-state index < -0.39 is 4.84 Å². The van der Waals surface area contributed by atoms with E-state index in [4.69, 9.17) is 32.4 Å². The van der Waals surface area contributed by atoms with Crippen LogP contribution in [0, 0.1) is 0 Å². The molecule has 2 aromatic carbocycles. The van der Waals surface area contributed by atoms with E-state index in [0.717, 1.165) is 35.5 Å². The van der Waals surface area contributed by atoms with Crippen molar-refractivity contribution in [1.82, 2.24) is 10.2 Å². The highest BCUT2D eigenvalue weighted by molar-refractivity contribution is 6.44. The summed E-state index contributed by atoms with van der Waals surface area (Å²) in [6.07, 6.45) is 8.92. The van der Waals surface area contributed by atoms with Crippen LogP contribution in [0.5, 0.6) is 5.75 Å². The molecule has 0 aliphatic rings. The first-order valence-electron chi connectivity index (χ1n) is 10.6. The van der Waals surface area contributed by atoms with Gasteiger partial charge in [-0.1, -0.05) is 57.6 Å². The Bertz CT molecular complexity index is 894. The van der Waals surface area contributed by atoms with Crippen LogP contribution in [-0.2, 0) is 0 Å². The lowest BCUT2D eigenvalue weighted by molar-refractivity contribution is 0.304. The van der Waals surface area contributed by atoms with Crippen LogP contribution >= 0.6 is 23.2 Å². The Morgan fingerprint density at radius 3 is 2.20 bits per heavy atom. The molecule has 0 spiro atoms. The predicted octanol–water partition coefficient (Wildman–Crippen LogP) is 8.01. The number of unbranched alkanes of at least 4 members (excludes halogenated alkanes) is 6. The van der Waals surface area contributed by atoms with Crippen molar-refractivity contribution in [3.8, 4) is 28.7 Å². The number of nitrogens with zero attached hydrogens (tertiary/aromatic N) is 2. The van der Waals surface area contributed by atoms with E-state index in [1.807, 2.05) is 48.5 Å². The van der Waals surface area contributed by atoms with Crippen LogP contribution < -0.4 is 4.74 Å². The Hall–Kier alpha value is -2.04. The van der Waals surface area contributed by atoms with Gasteiger partial charge in [-0.2, -0.15) is 0 Å². The Labute approximate surface area is 188 Å². The fourth-order valence-electron chi connectivity index (χ4n) is 3.21. The van der Waals surface area contributed by atoms with Crippen molar-refractivity contribution < 1.29 is 9.15 Å². The molecule has 1 heterocycles. The van der Waals surface area contributed by atoms with Gasteiger partial charge < -0.3 is 9.15 Å². The minimum Gasteiger partial charge on any atom is -0.494 e. The number of hydrogen-bond acceptors (Lipinski definition) is 4. The largest absolute Gasteiger partial charge is 0.494 e. The summed E-state index contributed by atoms with van der Waals surface area (Å²) in [4.78, 5) is -0.596. The summed E-state index contributed by atoms with van der Waals surface area (Å²) >= 11 is 11.9. The molecule has 0 N–H and O–H groups in total. The van der Waals surface area contributed by atoms with Crippen LogP contribution in [0.2, 0.25) is 0 Å². The second kappa shape index (κ2) is 12.0. The SMILES string of the molecule is CCCCCCCCCOc1ccc(-c2nnc(-c3cccc(C(Cl)Cl)c3)o2)cc1. The van der Waals surface area contributed by atoms with Gasteiger partial charge in [-0.3, -0.25) is 0 Å². The monoisotopic (exact) mass is 446 g/mol. The first kappa shape index (κ1) is 22.6. The zero-order chi connectivity index (χ0) is 21.2. The third-order valence-electron chi connectivity index (χ3n) is 4.93. The molecule has 0 amide bonds. The maximum absolute atomic E-state index is 5.94. The minimum atomic E-state index is -0.596. The highest BCUT2D eigenvalue weighted by Crippen LogP contribution is 2.30. The molecule has 160 valence electrons. The molecule has 0 radical (unpaired) electrons. The van der Waals surface area contributed by atoms with Crippen LogP contribution in [0.25, 0.3) is 22.9 Å². The Morgan fingerprint density at radius 2 is 1.50 bits per heavy atom. The van der Waals surface area contributed by atoms with Crippen LogP contribution in [0.15, 0.2) is 52.9 Å². The maximum atomic E-state index is 5.94. The summed E-state index contributed by atoms with van der Waals surface area (Å²) in [6.45, 7) is 2.99. The van der Waals surface area contributed by atoms with Crippen LogP contribution in [0.3, 0.4) is 0 Å². The van der Waals surface area contributed by atoms with Crippen LogP contribution in [-0.4, -0.2) is 16.8 Å². The predicted molar refractivity (Wildman–Crippen MR) is 123 cm³/mol. The van der Waals surface area contributed by atoms with Gasteiger partial charge in [-0.05, 0) is 48.4 Å². The zero-order valence-corrected chi connectivity index (χ0v) is 18.8. The number of alkyl halides is 2. The molecule has 0 bridgehead atoms. The van der Waals surface area contributed by atoms with Crippen LogP contribution in [0.1, 0.15) is 62.3 Å². The van der Waals surface area contributed by atoms with Crippen molar-refractivity contribution in [3.63, 3.8) is 0 Å². The van der Waals surface area contributed by atoms with Crippen molar-refractivity contribution in [2.75, 3.05) is 6.61 Å². The molecule has 3 aromatic rings. The van der Waals surface area contributed by atoms with E-state index in [9.17, 15) is 0 Å². The fraction of sp³-hybridized carbons (Fsp3) is 0.417. The van der Waals surface area contributed by atoms with Gasteiger partial charge in [0.25, 0.3) is 0 Å². The molecule has 0 unspecified atom stereocenters. The number of aromatic nitrogens is 2. The van der Waals surface area contributed by atoms with Gasteiger partial charge in [-0.15, -0.1) is 33.4 Å². The average Bonchev–Trinajstić information content (AvgIpc) is 3.26. The highest BCUT2D eigenvalue weighted by Gasteiger charge is 2.12. The second-order valence-corrected chi connectivity index (χ2v) is 8.43. The first-order chi connectivity index (χ1) is 14.7. The molecular weight excluding hydrogens is 419 g/mol. The lowest BCUT2D eigenvalue weighted by Crippen LogP contribution is -1.97. The van der Waals surface area contributed by atoms with Crippen molar-refractivity contribution >= 4 is 23.2 Å². The smallest absolute Gasteiger partial charge is 0.248 e. The zero-order valence-electron chi connectivity index (χ0n) is 17.3. The van der Waals surface area contributed by atoms with Gasteiger partial charge in [0.05, 0.1) is 6.61 Å². The lowest BCUT2D eigenvalue weighted by Gasteiger charge is -2.06. The normalized spacial score (nSPS) is 11.2. The van der Waals surface area contributed by atoms with Crippen molar-refractivity contribution in [3.05, 3.63) is 54.1 Å². The van der Waals surface area contributed by atoms with E-state index in [2.05, 4.69) is 17.1 Å². The lowest BCUT2D eigenvalue weighted by atomic mass is 10.1. The Kier molecular flexibility index (Phi) is 9.03. The van der Waals surface area contributed by atoms with Crippen molar-refractivity contribution in [1.29, 1.82) is 0 Å². The van der Waals surface area contributed by atoms with E-state index in [1.54, 1.807) is 0 Å². The molecule has 6 heteroatoms. The summed E-state index contributed by atoms with van der Waals surface area (Å²) in [5.74, 6) is 1.75. The summed E-state index contributed by atoms with van der Waals surface area (Å²) < 4.78 is 11.7. The van der Waals surface area contributed by atoms with Crippen LogP contribution in [0.4, 0.5) is 0 Å². The molecule has 4 nitrogen and oxygen atoms in total. The molecule has 0 fully saturated rings. The van der Waals surface area contributed by atoms with Gasteiger partial charge in [0, 0.05) is 11.1 Å². The number of hydrogen-bond donors (Lipinski definition) is 0. The van der Waals surface area contributed by atoms with Gasteiger partial charge in [0.1, 0.15) is 10.6 Å². The first-order valence-corrected chi connectivity index (χ1v) is 11.5. The summed E-state index contributed by atoms with van der Waals surface area (Å²) in [5.41, 5.74) is 2.42. The number of halogens is 2. The third-order valence-corrected chi connectivity index (χ3v) is 5.43. The summed E-state index contributed by atoms with van der Waals surface area (Å²) in [5, 5.41) is 8.31. The van der Waals surface area contributed by atoms with E-state index in [0.29, 0.717) is 11.8 Å². The average molecular weight is 447 g/mol. The molecule has 0 saturated heterocycles. The summed E-state index contributed by atoms with van der Waals surface area (Å²) in [7, 11) is 0. The van der Waals surface area contributed by atoms with Gasteiger partial charge in [-0.25, -0.2) is 0 Å². The Balaban J connectivity index is 1.50. The topological polar surface area (TPSA) is 48.2 Å². The van der Waals surface area contributed by atoms with E-state index in [-0.39, 0.29) is 0 Å². The molecule has 0 atom stereocenters. The van der Waals surface area contributed by atoms with Gasteiger partial charge >= 0.3 is 0 Å². The second-order valence-electron chi connectivity index (χ2n) is 7.33. The van der Waals surface area contributed by atoms with E-state index in [1.165, 1.54) is 38.5 Å². The maximum Gasteiger partial charge on any atom is 0.248 e. The molecule has 0 aliphatic carbocycles. The van der Waals surface area contributed by atoms with Gasteiger partial charge in [0.2, 0.25) is 11.8 Å². The van der Waals surface area contributed by atoms with Gasteiger partial charge in [0.15, 0.2) is 0 Å². The molecule has 0 saturated carbocycles. The number of rotatable bonds is 12. The number of benzene rings is 2. The molecule has 30 heavy (non-hydrogen) atoms. The van der Waals surface area contributed by atoms with E-state index >= 15 is 0 Å². The number of ether oxygens (including phenoxy) is 1. The van der Waals surface area contributed by atoms with Crippen molar-refractivity contribution in [2.45, 2.75) is 56.7 Å². The third kappa shape index (κ3) is 6.75. The van der Waals surface area contributed by atoms with Crippen molar-refractivity contribution in [2.24, 2.45) is 0 Å². The Morgan fingerprint density at radius 1 is 0.833 bits per heavy atom. The summed E-state index contributed by atoms with van der Waals surface area (Å²) in [6, 6.07) is 15.2. The molecule has 0 aliphatic heterocycles. The molecular formula is C24H28Cl2N2O2. The minimum absolute atomic E-state index is 0.431. The quantitative estimate of drug-likeness (QED) is 0.208. The highest BCUT2D eigenvalue weighted by atomic mass is 35.5. The molecule has 1 aromatic heterocycles.